The van der Waals surface area contributed by atoms with Crippen molar-refractivity contribution in [3.05, 3.63) is 0 Å². The van der Waals surface area contributed by atoms with Crippen LogP contribution in [0.3, 0.4) is 0 Å². The summed E-state index contributed by atoms with van der Waals surface area (Å²) >= 11 is 0. The lowest BCUT2D eigenvalue weighted by molar-refractivity contribution is -0.124. The maximum atomic E-state index is 11.9. The maximum Gasteiger partial charge on any atom is 0.220 e. The van der Waals surface area contributed by atoms with Gasteiger partial charge in [0.05, 0.1) is 23.9 Å². The SMILES string of the molecule is CC(C)C(=O)C(N)CCC(=O)NCCCOC(C)(C)CCOC(C)(C)CCCNC(C)(C)C. The summed E-state index contributed by atoms with van der Waals surface area (Å²) in [5.74, 6) is -0.172. The fourth-order valence-electron chi connectivity index (χ4n) is 3.29. The number of ether oxygens (including phenoxy) is 2. The third-order valence-electron chi connectivity index (χ3n) is 5.56. The molecule has 196 valence electrons. The average molecular weight is 472 g/mol. The van der Waals surface area contributed by atoms with Gasteiger partial charge in [-0.2, -0.15) is 0 Å². The van der Waals surface area contributed by atoms with Crippen LogP contribution in [0.2, 0.25) is 0 Å². The molecule has 0 aliphatic carbocycles. The monoisotopic (exact) mass is 471 g/mol. The quantitative estimate of drug-likeness (QED) is 0.261. The van der Waals surface area contributed by atoms with Crippen molar-refractivity contribution >= 4 is 11.7 Å². The molecule has 0 spiro atoms. The molecule has 0 fully saturated rings. The van der Waals surface area contributed by atoms with Gasteiger partial charge in [-0.1, -0.05) is 13.8 Å². The summed E-state index contributed by atoms with van der Waals surface area (Å²) in [5.41, 5.74) is 5.56. The number of hydrogen-bond acceptors (Lipinski definition) is 6. The average Bonchev–Trinajstić information content (AvgIpc) is 2.67. The first-order valence-corrected chi connectivity index (χ1v) is 12.6. The highest BCUT2D eigenvalue weighted by atomic mass is 16.5. The zero-order valence-electron chi connectivity index (χ0n) is 22.9. The van der Waals surface area contributed by atoms with Crippen LogP contribution in [0.25, 0.3) is 0 Å². The van der Waals surface area contributed by atoms with Crippen molar-refractivity contribution in [1.29, 1.82) is 0 Å². The molecule has 0 rings (SSSR count). The summed E-state index contributed by atoms with van der Waals surface area (Å²) in [6.45, 7) is 21.4. The molecule has 0 aromatic rings. The second-order valence-corrected chi connectivity index (χ2v) is 11.7. The minimum absolute atomic E-state index is 0.00309. The largest absolute Gasteiger partial charge is 0.375 e. The molecule has 0 aromatic heterocycles. The number of nitrogens with one attached hydrogen (secondary N) is 2. The Morgan fingerprint density at radius 2 is 1.42 bits per heavy atom. The van der Waals surface area contributed by atoms with Gasteiger partial charge in [-0.25, -0.2) is 0 Å². The Morgan fingerprint density at radius 3 is 2.00 bits per heavy atom. The summed E-state index contributed by atoms with van der Waals surface area (Å²) in [4.78, 5) is 23.7. The van der Waals surface area contributed by atoms with Crippen molar-refractivity contribution in [2.24, 2.45) is 11.7 Å². The lowest BCUT2D eigenvalue weighted by Crippen LogP contribution is -2.37. The molecule has 7 heteroatoms. The van der Waals surface area contributed by atoms with Crippen molar-refractivity contribution in [3.63, 3.8) is 0 Å². The molecule has 0 bridgehead atoms. The molecule has 1 amide bonds. The topological polar surface area (TPSA) is 103 Å². The van der Waals surface area contributed by atoms with Crippen molar-refractivity contribution in [3.8, 4) is 0 Å². The van der Waals surface area contributed by atoms with E-state index in [1.165, 1.54) is 0 Å². The number of Topliss-reactive ketones (excluding diaryl/α,β-unsaturated/α-hetero) is 1. The molecule has 0 saturated heterocycles. The van der Waals surface area contributed by atoms with E-state index in [0.717, 1.165) is 32.2 Å². The first-order valence-electron chi connectivity index (χ1n) is 12.6. The molecule has 7 nitrogen and oxygen atoms in total. The molecule has 0 radical (unpaired) electrons. The lowest BCUT2D eigenvalue weighted by Gasteiger charge is -2.30. The number of amides is 1. The normalized spacial score (nSPS) is 13.9. The second-order valence-electron chi connectivity index (χ2n) is 11.7. The molecule has 0 aliphatic heterocycles. The number of rotatable bonds is 18. The van der Waals surface area contributed by atoms with Crippen LogP contribution in [0.1, 0.15) is 101 Å². The van der Waals surface area contributed by atoms with E-state index in [9.17, 15) is 9.59 Å². The standard InChI is InChI=1S/C26H53N3O4/c1-20(2)23(31)21(27)12-13-22(30)28-16-11-18-32-26(8,9)15-19-33-25(6,7)14-10-17-29-24(3,4)5/h20-21,29H,10-19,27H2,1-9H3,(H,28,30). The third-order valence-corrected chi connectivity index (χ3v) is 5.56. The molecule has 1 unspecified atom stereocenters. The fraction of sp³-hybridized carbons (Fsp3) is 0.923. The van der Waals surface area contributed by atoms with Crippen LogP contribution in [-0.2, 0) is 19.1 Å². The number of nitrogens with two attached hydrogens (primary N) is 1. The van der Waals surface area contributed by atoms with Crippen molar-refractivity contribution in [2.45, 2.75) is 124 Å². The van der Waals surface area contributed by atoms with Crippen LogP contribution in [0.15, 0.2) is 0 Å². The minimum atomic E-state index is -0.563. The zero-order valence-corrected chi connectivity index (χ0v) is 22.9. The van der Waals surface area contributed by atoms with Gasteiger partial charge in [-0.05, 0) is 87.1 Å². The molecule has 0 aliphatic rings. The van der Waals surface area contributed by atoms with Crippen LogP contribution in [0.5, 0.6) is 0 Å². The molecule has 0 saturated carbocycles. The predicted molar refractivity (Wildman–Crippen MR) is 136 cm³/mol. The van der Waals surface area contributed by atoms with Gasteiger partial charge >= 0.3 is 0 Å². The first kappa shape index (κ1) is 32.0. The number of carbonyl (C=O) groups excluding carboxylic acids is 2. The Balaban J connectivity index is 3.95. The highest BCUT2D eigenvalue weighted by Crippen LogP contribution is 2.21. The van der Waals surface area contributed by atoms with Gasteiger partial charge in [-0.15, -0.1) is 0 Å². The van der Waals surface area contributed by atoms with Gasteiger partial charge in [0.1, 0.15) is 0 Å². The summed E-state index contributed by atoms with van der Waals surface area (Å²) in [6, 6.07) is -0.563. The van der Waals surface area contributed by atoms with E-state index < -0.39 is 6.04 Å². The molecule has 0 heterocycles. The van der Waals surface area contributed by atoms with Gasteiger partial charge < -0.3 is 25.8 Å². The molecular formula is C26H53N3O4. The Morgan fingerprint density at radius 1 is 0.848 bits per heavy atom. The highest BCUT2D eigenvalue weighted by Gasteiger charge is 2.23. The van der Waals surface area contributed by atoms with Gasteiger partial charge in [0.2, 0.25) is 5.91 Å². The van der Waals surface area contributed by atoms with E-state index in [-0.39, 0.29) is 40.8 Å². The summed E-state index contributed by atoms with van der Waals surface area (Å²) in [5, 5.41) is 6.39. The van der Waals surface area contributed by atoms with Crippen LogP contribution >= 0.6 is 0 Å². The van der Waals surface area contributed by atoms with Crippen molar-refractivity contribution in [2.75, 3.05) is 26.3 Å². The third kappa shape index (κ3) is 18.0. The van der Waals surface area contributed by atoms with Crippen molar-refractivity contribution < 1.29 is 19.1 Å². The maximum absolute atomic E-state index is 11.9. The van der Waals surface area contributed by atoms with Gasteiger partial charge in [0.15, 0.2) is 5.78 Å². The Kier molecular flexibility index (Phi) is 14.6. The van der Waals surface area contributed by atoms with E-state index in [1.807, 2.05) is 13.8 Å². The molecule has 33 heavy (non-hydrogen) atoms. The number of ketones is 1. The fourth-order valence-corrected chi connectivity index (χ4v) is 3.29. The Hall–Kier alpha value is -1.02. The highest BCUT2D eigenvalue weighted by molar-refractivity contribution is 5.86. The Bertz CT molecular complexity index is 568. The molecule has 4 N–H and O–H groups in total. The van der Waals surface area contributed by atoms with E-state index in [4.69, 9.17) is 15.2 Å². The van der Waals surface area contributed by atoms with Gasteiger partial charge in [0, 0.05) is 31.0 Å². The molecular weight excluding hydrogens is 418 g/mol. The van der Waals surface area contributed by atoms with E-state index in [0.29, 0.717) is 26.2 Å². The molecule has 0 aromatic carbocycles. The van der Waals surface area contributed by atoms with Crippen molar-refractivity contribution in [1.82, 2.24) is 10.6 Å². The number of carbonyl (C=O) groups is 2. The summed E-state index contributed by atoms with van der Waals surface area (Å²) in [6.07, 6.45) is 4.29. The minimum Gasteiger partial charge on any atom is -0.375 e. The zero-order chi connectivity index (χ0) is 25.7. The smallest absolute Gasteiger partial charge is 0.220 e. The lowest BCUT2D eigenvalue weighted by atomic mass is 9.99. The number of hydrogen-bond donors (Lipinski definition) is 3. The predicted octanol–water partition coefficient (Wildman–Crippen LogP) is 3.97. The second kappa shape index (κ2) is 15.1. The van der Waals surface area contributed by atoms with E-state index in [2.05, 4.69) is 59.1 Å². The first-order chi connectivity index (χ1) is 15.0. The summed E-state index contributed by atoms with van der Waals surface area (Å²) < 4.78 is 12.1. The van der Waals surface area contributed by atoms with E-state index >= 15 is 0 Å². The van der Waals surface area contributed by atoms with Gasteiger partial charge in [0.25, 0.3) is 0 Å². The van der Waals surface area contributed by atoms with Crippen LogP contribution in [0, 0.1) is 5.92 Å². The molecule has 1 atom stereocenters. The van der Waals surface area contributed by atoms with Crippen LogP contribution < -0.4 is 16.4 Å². The van der Waals surface area contributed by atoms with Gasteiger partial charge in [-0.3, -0.25) is 9.59 Å². The van der Waals surface area contributed by atoms with E-state index in [1.54, 1.807) is 0 Å². The summed E-state index contributed by atoms with van der Waals surface area (Å²) in [7, 11) is 0. The van der Waals surface area contributed by atoms with Crippen LogP contribution in [0.4, 0.5) is 0 Å². The Labute approximate surface area is 203 Å². The van der Waals surface area contributed by atoms with Crippen LogP contribution in [-0.4, -0.2) is 60.8 Å².